The number of aliphatic hydroxyl groups is 1. The van der Waals surface area contributed by atoms with Gasteiger partial charge in [0.1, 0.15) is 5.75 Å². The van der Waals surface area contributed by atoms with Crippen LogP contribution in [0, 0.1) is 5.41 Å². The smallest absolute Gasteiger partial charge is 0.119 e. The summed E-state index contributed by atoms with van der Waals surface area (Å²) in [5.74, 6) is 0.935. The SMILES string of the molecule is CC.COc1ccc2[nH]c3c(c2c1)C[C@@]1(C)CCC(N)C[C@@]1(O)C3C. The number of rotatable bonds is 1. The van der Waals surface area contributed by atoms with Gasteiger partial charge in [0.05, 0.1) is 12.7 Å². The van der Waals surface area contributed by atoms with Crippen LogP contribution in [0.4, 0.5) is 0 Å². The van der Waals surface area contributed by atoms with Crippen LogP contribution in [0.5, 0.6) is 5.75 Å². The van der Waals surface area contributed by atoms with Crippen molar-refractivity contribution in [3.05, 3.63) is 29.5 Å². The number of nitrogens with one attached hydrogen (secondary N) is 1. The summed E-state index contributed by atoms with van der Waals surface area (Å²) in [6, 6.07) is 6.26. The van der Waals surface area contributed by atoms with Crippen LogP contribution in [-0.4, -0.2) is 28.8 Å². The molecule has 4 atom stereocenters. The van der Waals surface area contributed by atoms with Crippen LogP contribution in [0.3, 0.4) is 0 Å². The zero-order valence-electron chi connectivity index (χ0n) is 16.1. The quantitative estimate of drug-likeness (QED) is 0.729. The molecule has 0 amide bonds. The Morgan fingerprint density at radius 1 is 1.32 bits per heavy atom. The maximum Gasteiger partial charge on any atom is 0.119 e. The fourth-order valence-corrected chi connectivity index (χ4v) is 4.97. The first-order chi connectivity index (χ1) is 11.9. The highest BCUT2D eigenvalue weighted by Crippen LogP contribution is 2.57. The molecule has 1 heterocycles. The second-order valence-electron chi connectivity index (χ2n) is 7.82. The molecule has 4 nitrogen and oxygen atoms in total. The van der Waals surface area contributed by atoms with Gasteiger partial charge in [-0.05, 0) is 49.4 Å². The summed E-state index contributed by atoms with van der Waals surface area (Å²) in [6.45, 7) is 8.37. The first kappa shape index (κ1) is 18.3. The van der Waals surface area contributed by atoms with Gasteiger partial charge in [-0.3, -0.25) is 0 Å². The molecule has 1 saturated carbocycles. The standard InChI is InChI=1S/C19H26N2O2.C2H6/c1-11-17-15(14-8-13(23-3)4-5-16(14)21-17)10-18(2)7-6-12(20)9-19(11,18)22;1-2/h4-5,8,11-12,21-22H,6-7,9-10,20H2,1-3H3;1-2H3/t11?,12?,18-,19-;/m1./s1. The zero-order valence-corrected chi connectivity index (χ0v) is 16.1. The Labute approximate surface area is 150 Å². The maximum absolute atomic E-state index is 11.5. The van der Waals surface area contributed by atoms with Crippen molar-refractivity contribution in [3.8, 4) is 5.75 Å². The summed E-state index contributed by atoms with van der Waals surface area (Å²) in [6.07, 6.45) is 3.55. The van der Waals surface area contributed by atoms with Crippen LogP contribution in [0.1, 0.15) is 64.1 Å². The largest absolute Gasteiger partial charge is 0.497 e. The van der Waals surface area contributed by atoms with E-state index in [1.807, 2.05) is 19.9 Å². The third-order valence-corrected chi connectivity index (χ3v) is 6.55. The van der Waals surface area contributed by atoms with Gasteiger partial charge < -0.3 is 20.6 Å². The number of methoxy groups -OCH3 is 1. The Kier molecular flexibility index (Phi) is 4.63. The van der Waals surface area contributed by atoms with Crippen molar-refractivity contribution >= 4 is 10.9 Å². The fourth-order valence-electron chi connectivity index (χ4n) is 4.97. The van der Waals surface area contributed by atoms with Gasteiger partial charge in [-0.15, -0.1) is 0 Å². The fraction of sp³-hybridized carbons (Fsp3) is 0.619. The summed E-state index contributed by atoms with van der Waals surface area (Å²) in [5, 5.41) is 12.8. The number of fused-ring (bicyclic) bond motifs is 4. The van der Waals surface area contributed by atoms with E-state index < -0.39 is 5.60 Å². The lowest BCUT2D eigenvalue weighted by molar-refractivity contribution is -0.133. The Hall–Kier alpha value is -1.52. The van der Waals surface area contributed by atoms with Crippen molar-refractivity contribution in [2.75, 3.05) is 7.11 Å². The van der Waals surface area contributed by atoms with E-state index in [1.54, 1.807) is 7.11 Å². The minimum Gasteiger partial charge on any atom is -0.497 e. The highest BCUT2D eigenvalue weighted by molar-refractivity contribution is 5.87. The number of ether oxygens (including phenoxy) is 1. The van der Waals surface area contributed by atoms with E-state index in [2.05, 4.69) is 31.0 Å². The van der Waals surface area contributed by atoms with Crippen molar-refractivity contribution in [2.24, 2.45) is 11.1 Å². The van der Waals surface area contributed by atoms with Crippen molar-refractivity contribution in [1.82, 2.24) is 4.98 Å². The molecular formula is C21H32N2O2. The van der Waals surface area contributed by atoms with Crippen LogP contribution < -0.4 is 10.5 Å². The normalized spacial score (nSPS) is 33.9. The van der Waals surface area contributed by atoms with Crippen LogP contribution in [0.15, 0.2) is 18.2 Å². The molecule has 4 N–H and O–H groups in total. The topological polar surface area (TPSA) is 71.3 Å². The monoisotopic (exact) mass is 344 g/mol. The second-order valence-corrected chi connectivity index (χ2v) is 7.82. The van der Waals surface area contributed by atoms with Gasteiger partial charge in [-0.1, -0.05) is 27.7 Å². The lowest BCUT2D eigenvalue weighted by atomic mass is 9.53. The predicted octanol–water partition coefficient (Wildman–Crippen LogP) is 4.11. The van der Waals surface area contributed by atoms with Gasteiger partial charge in [0, 0.05) is 34.0 Å². The van der Waals surface area contributed by atoms with Crippen LogP contribution in [0.25, 0.3) is 10.9 Å². The Morgan fingerprint density at radius 3 is 2.72 bits per heavy atom. The molecule has 138 valence electrons. The van der Waals surface area contributed by atoms with Gasteiger partial charge in [0.2, 0.25) is 0 Å². The molecule has 0 radical (unpaired) electrons. The van der Waals surface area contributed by atoms with E-state index >= 15 is 0 Å². The van der Waals surface area contributed by atoms with Crippen molar-refractivity contribution < 1.29 is 9.84 Å². The number of H-pyrrole nitrogens is 1. The first-order valence-corrected chi connectivity index (χ1v) is 9.54. The third kappa shape index (κ3) is 2.58. The van der Waals surface area contributed by atoms with Crippen LogP contribution in [0.2, 0.25) is 0 Å². The maximum atomic E-state index is 11.5. The number of hydrogen-bond acceptors (Lipinski definition) is 3. The number of nitrogens with two attached hydrogens (primary N) is 1. The van der Waals surface area contributed by atoms with Gasteiger partial charge in [0.25, 0.3) is 0 Å². The van der Waals surface area contributed by atoms with Crippen molar-refractivity contribution in [1.29, 1.82) is 0 Å². The average Bonchev–Trinajstić information content (AvgIpc) is 2.97. The molecule has 0 aliphatic heterocycles. The predicted molar refractivity (Wildman–Crippen MR) is 103 cm³/mol. The molecule has 25 heavy (non-hydrogen) atoms. The summed E-state index contributed by atoms with van der Waals surface area (Å²) < 4.78 is 5.40. The molecule has 1 fully saturated rings. The summed E-state index contributed by atoms with van der Waals surface area (Å²) in [7, 11) is 1.70. The van der Waals surface area contributed by atoms with Crippen molar-refractivity contribution in [3.63, 3.8) is 0 Å². The molecule has 2 aliphatic rings. The lowest BCUT2D eigenvalue weighted by Gasteiger charge is -2.56. The van der Waals surface area contributed by atoms with Gasteiger partial charge in [-0.25, -0.2) is 0 Å². The lowest BCUT2D eigenvalue weighted by Crippen LogP contribution is -2.59. The molecule has 2 aliphatic carbocycles. The Morgan fingerprint density at radius 2 is 2.04 bits per heavy atom. The van der Waals surface area contributed by atoms with Gasteiger partial charge in [0.15, 0.2) is 0 Å². The summed E-state index contributed by atoms with van der Waals surface area (Å²) >= 11 is 0. The molecular weight excluding hydrogens is 312 g/mol. The van der Waals surface area contributed by atoms with E-state index in [9.17, 15) is 5.11 Å². The first-order valence-electron chi connectivity index (χ1n) is 9.54. The van der Waals surface area contributed by atoms with Crippen molar-refractivity contribution in [2.45, 2.75) is 70.9 Å². The molecule has 0 saturated heterocycles. The van der Waals surface area contributed by atoms with E-state index in [0.717, 1.165) is 30.5 Å². The minimum atomic E-state index is -0.734. The Bertz CT molecular complexity index is 769. The number of hydrogen-bond donors (Lipinski definition) is 3. The van der Waals surface area contributed by atoms with E-state index in [0.29, 0.717) is 6.42 Å². The zero-order chi connectivity index (χ0) is 18.4. The molecule has 2 unspecified atom stereocenters. The highest BCUT2D eigenvalue weighted by atomic mass is 16.5. The van der Waals surface area contributed by atoms with Crippen LogP contribution in [-0.2, 0) is 6.42 Å². The highest BCUT2D eigenvalue weighted by Gasteiger charge is 2.57. The van der Waals surface area contributed by atoms with Crippen LogP contribution >= 0.6 is 0 Å². The number of aromatic nitrogens is 1. The molecule has 1 aromatic carbocycles. The molecule has 4 heteroatoms. The summed E-state index contributed by atoms with van der Waals surface area (Å²) in [5.41, 5.74) is 8.98. The average molecular weight is 344 g/mol. The molecule has 4 rings (SSSR count). The van der Waals surface area contributed by atoms with Gasteiger partial charge >= 0.3 is 0 Å². The van der Waals surface area contributed by atoms with Gasteiger partial charge in [-0.2, -0.15) is 0 Å². The van der Waals surface area contributed by atoms with E-state index in [4.69, 9.17) is 10.5 Å². The summed E-state index contributed by atoms with van der Waals surface area (Å²) in [4.78, 5) is 3.55. The molecule has 0 bridgehead atoms. The molecule has 1 aromatic heterocycles. The van der Waals surface area contributed by atoms with E-state index in [1.165, 1.54) is 16.6 Å². The third-order valence-electron chi connectivity index (χ3n) is 6.55. The minimum absolute atomic E-state index is 0.0565. The number of aromatic amines is 1. The molecule has 0 spiro atoms. The Balaban J connectivity index is 0.000000880. The second kappa shape index (κ2) is 6.33. The molecule has 2 aromatic rings. The number of benzene rings is 1. The van der Waals surface area contributed by atoms with E-state index in [-0.39, 0.29) is 17.4 Å².